The standard InChI is InChI=1S/C8H6ClN3O/c1-12-8(13)6-4-5(9)2-3-7(6)10-11-12/h2-4H,1H3. The zero-order chi connectivity index (χ0) is 9.42. The Morgan fingerprint density at radius 2 is 2.23 bits per heavy atom. The highest BCUT2D eigenvalue weighted by atomic mass is 35.5. The van der Waals surface area contributed by atoms with E-state index in [4.69, 9.17) is 11.6 Å². The molecule has 0 aliphatic rings. The Morgan fingerprint density at radius 1 is 1.46 bits per heavy atom. The molecule has 1 aromatic heterocycles. The molecule has 0 unspecified atom stereocenters. The van der Waals surface area contributed by atoms with Gasteiger partial charge in [0.1, 0.15) is 5.52 Å². The van der Waals surface area contributed by atoms with E-state index in [0.29, 0.717) is 15.9 Å². The number of aryl methyl sites for hydroxylation is 1. The summed E-state index contributed by atoms with van der Waals surface area (Å²) < 4.78 is 1.18. The molecule has 2 aromatic rings. The number of nitrogens with zero attached hydrogens (tertiary/aromatic N) is 3. The first-order valence-corrected chi connectivity index (χ1v) is 4.05. The van der Waals surface area contributed by atoms with Gasteiger partial charge in [-0.3, -0.25) is 4.79 Å². The molecule has 4 nitrogen and oxygen atoms in total. The fraction of sp³-hybridized carbons (Fsp3) is 0.125. The number of rotatable bonds is 0. The molecule has 1 heterocycles. The Balaban J connectivity index is 2.97. The van der Waals surface area contributed by atoms with Crippen molar-refractivity contribution in [3.63, 3.8) is 0 Å². The van der Waals surface area contributed by atoms with Crippen molar-refractivity contribution < 1.29 is 0 Å². The average molecular weight is 196 g/mol. The van der Waals surface area contributed by atoms with Crippen molar-refractivity contribution in [1.82, 2.24) is 15.0 Å². The maximum Gasteiger partial charge on any atom is 0.277 e. The van der Waals surface area contributed by atoms with Crippen molar-refractivity contribution in [2.75, 3.05) is 0 Å². The van der Waals surface area contributed by atoms with E-state index in [1.54, 1.807) is 25.2 Å². The van der Waals surface area contributed by atoms with Gasteiger partial charge in [-0.1, -0.05) is 16.8 Å². The molecule has 0 atom stereocenters. The van der Waals surface area contributed by atoms with Gasteiger partial charge in [-0.2, -0.15) is 0 Å². The van der Waals surface area contributed by atoms with Crippen molar-refractivity contribution in [3.8, 4) is 0 Å². The molecule has 2 rings (SSSR count). The number of hydrogen-bond acceptors (Lipinski definition) is 3. The summed E-state index contributed by atoms with van der Waals surface area (Å²) in [5.74, 6) is 0. The third kappa shape index (κ3) is 1.29. The normalized spacial score (nSPS) is 10.6. The smallest absolute Gasteiger partial charge is 0.267 e. The van der Waals surface area contributed by atoms with Gasteiger partial charge < -0.3 is 0 Å². The van der Waals surface area contributed by atoms with Crippen LogP contribution < -0.4 is 5.56 Å². The van der Waals surface area contributed by atoms with Crippen LogP contribution in [0.4, 0.5) is 0 Å². The SMILES string of the molecule is Cn1nnc2ccc(Cl)cc2c1=O. The van der Waals surface area contributed by atoms with Gasteiger partial charge in [0.2, 0.25) is 0 Å². The first-order chi connectivity index (χ1) is 6.18. The van der Waals surface area contributed by atoms with E-state index in [1.807, 2.05) is 0 Å². The summed E-state index contributed by atoms with van der Waals surface area (Å²) in [6, 6.07) is 4.94. The molecule has 1 aromatic carbocycles. The molecular weight excluding hydrogens is 190 g/mol. The predicted octanol–water partition coefficient (Wildman–Crippen LogP) is 0.982. The van der Waals surface area contributed by atoms with Crippen LogP contribution in [0.25, 0.3) is 10.9 Å². The summed E-state index contributed by atoms with van der Waals surface area (Å²) in [5.41, 5.74) is 0.375. The summed E-state index contributed by atoms with van der Waals surface area (Å²) in [5, 5.41) is 8.50. The van der Waals surface area contributed by atoms with Gasteiger partial charge in [-0.05, 0) is 18.2 Å². The van der Waals surface area contributed by atoms with Crippen molar-refractivity contribution in [3.05, 3.63) is 33.6 Å². The van der Waals surface area contributed by atoms with E-state index in [0.717, 1.165) is 0 Å². The average Bonchev–Trinajstić information content (AvgIpc) is 2.12. The molecule has 0 fully saturated rings. The Hall–Kier alpha value is -1.42. The lowest BCUT2D eigenvalue weighted by atomic mass is 10.2. The fourth-order valence-electron chi connectivity index (χ4n) is 1.10. The lowest BCUT2D eigenvalue weighted by Crippen LogP contribution is -2.20. The minimum atomic E-state index is -0.187. The molecule has 0 aliphatic heterocycles. The van der Waals surface area contributed by atoms with Crippen molar-refractivity contribution in [1.29, 1.82) is 0 Å². The minimum absolute atomic E-state index is 0.187. The minimum Gasteiger partial charge on any atom is -0.267 e. The van der Waals surface area contributed by atoms with Crippen LogP contribution >= 0.6 is 11.6 Å². The molecule has 13 heavy (non-hydrogen) atoms. The monoisotopic (exact) mass is 195 g/mol. The van der Waals surface area contributed by atoms with E-state index in [2.05, 4.69) is 10.3 Å². The molecular formula is C8H6ClN3O. The van der Waals surface area contributed by atoms with Crippen LogP contribution in [-0.2, 0) is 7.05 Å². The van der Waals surface area contributed by atoms with Gasteiger partial charge in [0, 0.05) is 12.1 Å². The van der Waals surface area contributed by atoms with Crippen LogP contribution in [0, 0.1) is 0 Å². The largest absolute Gasteiger partial charge is 0.277 e. The maximum absolute atomic E-state index is 11.5. The highest BCUT2D eigenvalue weighted by Crippen LogP contribution is 2.13. The second kappa shape index (κ2) is 2.81. The van der Waals surface area contributed by atoms with E-state index in [9.17, 15) is 4.79 Å². The number of benzene rings is 1. The number of hydrogen-bond donors (Lipinski definition) is 0. The molecule has 0 spiro atoms. The van der Waals surface area contributed by atoms with Crippen LogP contribution in [0.15, 0.2) is 23.0 Å². The number of aromatic nitrogens is 3. The Labute approximate surface area is 78.7 Å². The molecule has 5 heteroatoms. The maximum atomic E-state index is 11.5. The van der Waals surface area contributed by atoms with Gasteiger partial charge in [0.25, 0.3) is 5.56 Å². The topological polar surface area (TPSA) is 47.8 Å². The van der Waals surface area contributed by atoms with E-state index < -0.39 is 0 Å². The Bertz CT molecular complexity index is 515. The third-order valence-electron chi connectivity index (χ3n) is 1.77. The van der Waals surface area contributed by atoms with Crippen LogP contribution in [0.2, 0.25) is 5.02 Å². The van der Waals surface area contributed by atoms with Crippen LogP contribution in [0.5, 0.6) is 0 Å². The van der Waals surface area contributed by atoms with Gasteiger partial charge in [-0.15, -0.1) is 5.10 Å². The van der Waals surface area contributed by atoms with E-state index in [-0.39, 0.29) is 5.56 Å². The quantitative estimate of drug-likeness (QED) is 0.630. The van der Waals surface area contributed by atoms with Gasteiger partial charge in [0.15, 0.2) is 0 Å². The lowest BCUT2D eigenvalue weighted by molar-refractivity contribution is 0.656. The van der Waals surface area contributed by atoms with Gasteiger partial charge in [-0.25, -0.2) is 4.68 Å². The van der Waals surface area contributed by atoms with E-state index >= 15 is 0 Å². The van der Waals surface area contributed by atoms with Crippen molar-refractivity contribution >= 4 is 22.5 Å². The van der Waals surface area contributed by atoms with Gasteiger partial charge in [0.05, 0.1) is 5.39 Å². The first kappa shape index (κ1) is 8.19. The predicted molar refractivity (Wildman–Crippen MR) is 49.8 cm³/mol. The first-order valence-electron chi connectivity index (χ1n) is 3.68. The van der Waals surface area contributed by atoms with Gasteiger partial charge >= 0.3 is 0 Å². The van der Waals surface area contributed by atoms with Crippen molar-refractivity contribution in [2.45, 2.75) is 0 Å². The summed E-state index contributed by atoms with van der Waals surface area (Å²) in [6.45, 7) is 0. The summed E-state index contributed by atoms with van der Waals surface area (Å²) in [7, 11) is 1.55. The summed E-state index contributed by atoms with van der Waals surface area (Å²) >= 11 is 5.75. The van der Waals surface area contributed by atoms with Crippen LogP contribution in [-0.4, -0.2) is 15.0 Å². The second-order valence-electron chi connectivity index (χ2n) is 2.68. The molecule has 0 N–H and O–H groups in total. The summed E-state index contributed by atoms with van der Waals surface area (Å²) in [6.07, 6.45) is 0. The van der Waals surface area contributed by atoms with Crippen LogP contribution in [0.1, 0.15) is 0 Å². The third-order valence-corrected chi connectivity index (χ3v) is 2.00. The Morgan fingerprint density at radius 3 is 3.00 bits per heavy atom. The summed E-state index contributed by atoms with van der Waals surface area (Å²) in [4.78, 5) is 11.5. The highest BCUT2D eigenvalue weighted by Gasteiger charge is 2.02. The zero-order valence-corrected chi connectivity index (χ0v) is 7.62. The molecule has 0 saturated carbocycles. The molecule has 0 radical (unpaired) electrons. The molecule has 66 valence electrons. The highest BCUT2D eigenvalue weighted by molar-refractivity contribution is 6.31. The number of halogens is 1. The second-order valence-corrected chi connectivity index (χ2v) is 3.12. The molecule has 0 amide bonds. The Kier molecular flexibility index (Phi) is 1.77. The molecule has 0 saturated heterocycles. The molecule has 0 bridgehead atoms. The van der Waals surface area contributed by atoms with Crippen molar-refractivity contribution in [2.24, 2.45) is 7.05 Å². The zero-order valence-electron chi connectivity index (χ0n) is 6.86. The van der Waals surface area contributed by atoms with E-state index in [1.165, 1.54) is 4.68 Å². The number of fused-ring (bicyclic) bond motifs is 1. The van der Waals surface area contributed by atoms with Crippen LogP contribution in [0.3, 0.4) is 0 Å². The fourth-order valence-corrected chi connectivity index (χ4v) is 1.27. The molecule has 0 aliphatic carbocycles. The lowest BCUT2D eigenvalue weighted by Gasteiger charge is -1.97.